The lowest BCUT2D eigenvalue weighted by Crippen LogP contribution is -1.79. The van der Waals surface area contributed by atoms with Crippen LogP contribution in [0.5, 0.6) is 0 Å². The van der Waals surface area contributed by atoms with E-state index >= 15 is 0 Å². The highest BCUT2D eigenvalue weighted by atomic mass is 16.4. The zero-order chi connectivity index (χ0) is 13.0. The Kier molecular flexibility index (Phi) is 9.89. The average molecular weight is 216 g/mol. The molecule has 0 saturated heterocycles. The molecule has 1 N–H and O–H groups in total. The van der Waals surface area contributed by atoms with Gasteiger partial charge in [-0.15, -0.1) is 0 Å². The van der Waals surface area contributed by atoms with Gasteiger partial charge in [-0.3, -0.25) is 4.79 Å². The van der Waals surface area contributed by atoms with E-state index < -0.39 is 5.97 Å². The van der Waals surface area contributed by atoms with E-state index in [1.54, 1.807) is 24.3 Å². The van der Waals surface area contributed by atoms with Gasteiger partial charge in [0.25, 0.3) is 5.97 Å². The molecule has 0 spiro atoms. The number of benzene rings is 1. The molecule has 0 unspecified atom stereocenters. The Bertz CT molecular complexity index is 403. The third-order valence-electron chi connectivity index (χ3n) is 1.17. The Morgan fingerprint density at radius 2 is 1.38 bits per heavy atom. The lowest BCUT2D eigenvalue weighted by molar-refractivity contribution is -0.134. The first-order valence-electron chi connectivity index (χ1n) is 3.90. The molecule has 6 heteroatoms. The number of hydrogen-bond donors (Lipinski definition) is 1. The molecule has 0 aliphatic carbocycles. The predicted molar refractivity (Wildman–Crippen MR) is 52.6 cm³/mol. The van der Waals surface area contributed by atoms with E-state index in [1.165, 1.54) is 0 Å². The summed E-state index contributed by atoms with van der Waals surface area (Å²) in [6.07, 6.45) is 0. The maximum Gasteiger partial charge on any atom is 0.300 e. The first-order chi connectivity index (χ1) is 7.61. The number of nitriles is 2. The molecule has 16 heavy (non-hydrogen) atoms. The van der Waals surface area contributed by atoms with Crippen molar-refractivity contribution in [1.29, 1.82) is 21.3 Å². The van der Waals surface area contributed by atoms with Crippen molar-refractivity contribution in [2.75, 3.05) is 0 Å². The average Bonchev–Trinajstić information content (AvgIpc) is 2.31. The zero-order valence-electron chi connectivity index (χ0n) is 8.45. The Morgan fingerprint density at radius 3 is 1.56 bits per heavy atom. The van der Waals surface area contributed by atoms with Gasteiger partial charge in [0.2, 0.25) is 0 Å². The Morgan fingerprint density at radius 1 is 1.12 bits per heavy atom. The fraction of sp³-hybridized carbons (Fsp3) is 0.100. The summed E-state index contributed by atoms with van der Waals surface area (Å²) in [5, 5.41) is 36.3. The van der Waals surface area contributed by atoms with Crippen LogP contribution >= 0.6 is 0 Å². The van der Waals surface area contributed by atoms with Crippen molar-refractivity contribution in [2.24, 2.45) is 0 Å². The van der Waals surface area contributed by atoms with Gasteiger partial charge in [-0.05, 0) is 12.1 Å². The summed E-state index contributed by atoms with van der Waals surface area (Å²) in [4.78, 5) is 9.00. The van der Waals surface area contributed by atoms with Crippen molar-refractivity contribution in [3.63, 3.8) is 0 Å². The second-order valence-corrected chi connectivity index (χ2v) is 2.29. The lowest BCUT2D eigenvalue weighted by atomic mass is 10.1. The topological polar surface area (TPSA) is 132 Å². The van der Waals surface area contributed by atoms with Crippen molar-refractivity contribution in [2.45, 2.75) is 6.92 Å². The van der Waals surface area contributed by atoms with Crippen LogP contribution in [0.3, 0.4) is 0 Å². The summed E-state index contributed by atoms with van der Waals surface area (Å²) in [6, 6.07) is 10.6. The van der Waals surface area contributed by atoms with E-state index in [-0.39, 0.29) is 0 Å². The molecule has 0 bridgehead atoms. The highest BCUT2D eigenvalue weighted by Crippen LogP contribution is 2.03. The largest absolute Gasteiger partial charge is 0.481 e. The minimum absolute atomic E-state index is 0.435. The highest BCUT2D eigenvalue weighted by Gasteiger charge is 1.95. The van der Waals surface area contributed by atoms with E-state index in [1.807, 2.05) is 12.1 Å². The third kappa shape index (κ3) is 7.72. The summed E-state index contributed by atoms with van der Waals surface area (Å²) in [5.74, 6) is -0.833. The van der Waals surface area contributed by atoms with Crippen LogP contribution in [0.1, 0.15) is 18.1 Å². The second-order valence-electron chi connectivity index (χ2n) is 2.29. The molecule has 1 aromatic carbocycles. The minimum atomic E-state index is -0.833. The molecule has 1 rings (SSSR count). The van der Waals surface area contributed by atoms with Gasteiger partial charge in [-0.2, -0.15) is 10.5 Å². The molecule has 80 valence electrons. The van der Waals surface area contributed by atoms with Crippen LogP contribution in [-0.2, 0) is 4.79 Å². The highest BCUT2D eigenvalue weighted by molar-refractivity contribution is 5.62. The summed E-state index contributed by atoms with van der Waals surface area (Å²) in [6.45, 7) is 1.08. The van der Waals surface area contributed by atoms with Crippen molar-refractivity contribution in [1.82, 2.24) is 0 Å². The van der Waals surface area contributed by atoms with E-state index in [9.17, 15) is 0 Å². The number of rotatable bonds is 0. The van der Waals surface area contributed by atoms with E-state index in [0.29, 0.717) is 11.1 Å². The van der Waals surface area contributed by atoms with Crippen LogP contribution in [-0.4, -0.2) is 11.1 Å². The standard InChI is InChI=1S/C8H4N2.C2H4O2.N2/c9-5-7-3-1-2-4-8(7)6-10;1-2(3)4;1-2/h1-4H;1H3,(H,3,4);. The molecule has 0 saturated carbocycles. The van der Waals surface area contributed by atoms with Gasteiger partial charge in [0, 0.05) is 17.7 Å². The number of aliphatic carboxylic acids is 1. The molecule has 0 atom stereocenters. The van der Waals surface area contributed by atoms with Crippen LogP contribution in [0.15, 0.2) is 24.3 Å². The number of carbonyl (C=O) groups is 1. The van der Waals surface area contributed by atoms with E-state index in [0.717, 1.165) is 6.92 Å². The molecule has 0 aliphatic rings. The predicted octanol–water partition coefficient (Wildman–Crippen LogP) is 1.55. The van der Waals surface area contributed by atoms with Crippen LogP contribution < -0.4 is 0 Å². The number of hydrogen-bond acceptors (Lipinski definition) is 5. The van der Waals surface area contributed by atoms with Gasteiger partial charge < -0.3 is 5.11 Å². The number of nitrogens with zero attached hydrogens (tertiary/aromatic N) is 4. The Hall–Kier alpha value is -2.91. The maximum absolute atomic E-state index is 9.00. The first kappa shape index (κ1) is 15.6. The summed E-state index contributed by atoms with van der Waals surface area (Å²) < 4.78 is 0. The normalized spacial score (nSPS) is 6.56. The quantitative estimate of drug-likeness (QED) is 0.654. The van der Waals surface area contributed by atoms with Crippen molar-refractivity contribution >= 4 is 5.97 Å². The van der Waals surface area contributed by atoms with Crippen molar-refractivity contribution < 1.29 is 9.90 Å². The van der Waals surface area contributed by atoms with Crippen molar-refractivity contribution in [3.05, 3.63) is 35.4 Å². The Balaban J connectivity index is 0. The molecular formula is C10H8N4O2. The molecule has 0 radical (unpaired) electrons. The molecule has 0 aliphatic heterocycles. The zero-order valence-corrected chi connectivity index (χ0v) is 8.45. The summed E-state index contributed by atoms with van der Waals surface area (Å²) in [5.41, 5.74) is 0.870. The molecule has 6 nitrogen and oxygen atoms in total. The molecule has 0 amide bonds. The summed E-state index contributed by atoms with van der Waals surface area (Å²) in [7, 11) is 0. The first-order valence-corrected chi connectivity index (χ1v) is 3.90. The maximum atomic E-state index is 9.00. The van der Waals surface area contributed by atoms with Gasteiger partial charge in [0.05, 0.1) is 11.1 Å². The van der Waals surface area contributed by atoms with Crippen LogP contribution in [0.4, 0.5) is 0 Å². The molecule has 0 heterocycles. The second kappa shape index (κ2) is 10.2. The third-order valence-corrected chi connectivity index (χ3v) is 1.17. The smallest absolute Gasteiger partial charge is 0.300 e. The minimum Gasteiger partial charge on any atom is -0.481 e. The molecular weight excluding hydrogens is 208 g/mol. The van der Waals surface area contributed by atoms with Crippen molar-refractivity contribution in [3.8, 4) is 12.1 Å². The fourth-order valence-electron chi connectivity index (χ4n) is 0.678. The van der Waals surface area contributed by atoms with Gasteiger partial charge >= 0.3 is 0 Å². The SMILES string of the molecule is CC(=O)O.N#Cc1ccccc1C#N.N#N. The lowest BCUT2D eigenvalue weighted by Gasteiger charge is -1.88. The molecule has 0 fully saturated rings. The van der Waals surface area contributed by atoms with Gasteiger partial charge in [-0.25, -0.2) is 0 Å². The molecule has 1 aromatic rings. The van der Waals surface area contributed by atoms with Crippen LogP contribution in [0, 0.1) is 33.4 Å². The van der Waals surface area contributed by atoms with Gasteiger partial charge in [0.15, 0.2) is 0 Å². The van der Waals surface area contributed by atoms with Gasteiger partial charge in [0.1, 0.15) is 12.1 Å². The van der Waals surface area contributed by atoms with Gasteiger partial charge in [-0.1, -0.05) is 12.1 Å². The number of carboxylic acid groups (broad SMARTS) is 1. The monoisotopic (exact) mass is 216 g/mol. The van der Waals surface area contributed by atoms with E-state index in [4.69, 9.17) is 31.2 Å². The fourth-order valence-corrected chi connectivity index (χ4v) is 0.678. The molecule has 0 aromatic heterocycles. The number of carboxylic acids is 1. The van der Waals surface area contributed by atoms with E-state index in [2.05, 4.69) is 0 Å². The van der Waals surface area contributed by atoms with Crippen LogP contribution in [0.25, 0.3) is 0 Å². The Labute approximate surface area is 92.4 Å². The summed E-state index contributed by atoms with van der Waals surface area (Å²) >= 11 is 0. The van der Waals surface area contributed by atoms with Crippen LogP contribution in [0.2, 0.25) is 0 Å².